The second-order valence-corrected chi connectivity index (χ2v) is 6.46. The van der Waals surface area contributed by atoms with Gasteiger partial charge in [0.1, 0.15) is 0 Å². The van der Waals surface area contributed by atoms with E-state index >= 15 is 0 Å². The molecule has 2 aromatic rings. The van der Waals surface area contributed by atoms with Crippen LogP contribution < -0.4 is 10.6 Å². The molecule has 0 saturated heterocycles. The van der Waals surface area contributed by atoms with Crippen LogP contribution >= 0.6 is 0 Å². The Morgan fingerprint density at radius 3 is 2.45 bits per heavy atom. The summed E-state index contributed by atoms with van der Waals surface area (Å²) in [5.74, 6) is 0. The quantitative estimate of drug-likeness (QED) is 0.651. The van der Waals surface area contributed by atoms with E-state index < -0.39 is 10.0 Å². The van der Waals surface area contributed by atoms with Gasteiger partial charge in [0.05, 0.1) is 28.2 Å². The summed E-state index contributed by atoms with van der Waals surface area (Å²) in [5, 5.41) is 3.99. The Bertz CT molecular complexity index is 766. The number of anilines is 1. The molecule has 1 heterocycles. The first kappa shape index (κ1) is 16.0. The molecule has 0 saturated carbocycles. The summed E-state index contributed by atoms with van der Waals surface area (Å²) < 4.78 is 24.4. The third kappa shape index (κ3) is 3.82. The number of benzene rings is 1. The average molecular weight is 318 g/mol. The van der Waals surface area contributed by atoms with Crippen molar-refractivity contribution in [1.82, 2.24) is 9.82 Å². The van der Waals surface area contributed by atoms with Gasteiger partial charge in [-0.15, -0.1) is 0 Å². The molecular weight excluding hydrogens is 300 g/mol. The number of hydrogen-bond donors (Lipinski definition) is 2. The third-order valence-electron chi connectivity index (χ3n) is 3.05. The van der Waals surface area contributed by atoms with Gasteiger partial charge in [0.15, 0.2) is 0 Å². The van der Waals surface area contributed by atoms with E-state index in [1.165, 1.54) is 6.20 Å². The highest BCUT2D eigenvalue weighted by molar-refractivity contribution is 7.89. The SMILES string of the molecule is CCC(=NNS(=O)(=O)c1ccc(C)cc1)c1ccc(N)cn1. The van der Waals surface area contributed by atoms with Gasteiger partial charge in [-0.1, -0.05) is 24.6 Å². The molecule has 0 aliphatic heterocycles. The van der Waals surface area contributed by atoms with Crippen LogP contribution in [-0.4, -0.2) is 19.1 Å². The fraction of sp³-hybridized carbons (Fsp3) is 0.200. The molecule has 0 unspecified atom stereocenters. The summed E-state index contributed by atoms with van der Waals surface area (Å²) in [6.45, 7) is 3.76. The number of pyridine rings is 1. The fourth-order valence-electron chi connectivity index (χ4n) is 1.78. The topological polar surface area (TPSA) is 97.4 Å². The van der Waals surface area contributed by atoms with Crippen LogP contribution in [0.25, 0.3) is 0 Å². The highest BCUT2D eigenvalue weighted by Gasteiger charge is 2.13. The molecule has 6 nitrogen and oxygen atoms in total. The second kappa shape index (κ2) is 6.57. The van der Waals surface area contributed by atoms with Crippen molar-refractivity contribution in [3.8, 4) is 0 Å². The Hall–Kier alpha value is -2.41. The maximum Gasteiger partial charge on any atom is 0.276 e. The molecule has 0 atom stereocenters. The number of nitrogen functional groups attached to an aromatic ring is 1. The van der Waals surface area contributed by atoms with Gasteiger partial charge in [-0.25, -0.2) is 0 Å². The van der Waals surface area contributed by atoms with Crippen molar-refractivity contribution in [3.63, 3.8) is 0 Å². The van der Waals surface area contributed by atoms with E-state index in [4.69, 9.17) is 5.73 Å². The number of nitrogens with zero attached hydrogens (tertiary/aromatic N) is 2. The van der Waals surface area contributed by atoms with E-state index in [1.54, 1.807) is 36.4 Å². The highest BCUT2D eigenvalue weighted by atomic mass is 32.2. The van der Waals surface area contributed by atoms with E-state index in [9.17, 15) is 8.42 Å². The number of aryl methyl sites for hydroxylation is 1. The van der Waals surface area contributed by atoms with Crippen LogP contribution in [0.5, 0.6) is 0 Å². The summed E-state index contributed by atoms with van der Waals surface area (Å²) in [7, 11) is -3.69. The van der Waals surface area contributed by atoms with Gasteiger partial charge < -0.3 is 5.73 Å². The summed E-state index contributed by atoms with van der Waals surface area (Å²) in [6.07, 6.45) is 2.04. The van der Waals surface area contributed by atoms with Crippen LogP contribution in [0.2, 0.25) is 0 Å². The normalized spacial score (nSPS) is 12.2. The standard InChI is InChI=1S/C15H18N4O2S/c1-3-14(15-9-6-12(16)10-17-15)18-19-22(20,21)13-7-4-11(2)5-8-13/h4-10,19H,3,16H2,1-2H3. The van der Waals surface area contributed by atoms with Crippen LogP contribution in [0, 0.1) is 6.92 Å². The Morgan fingerprint density at radius 2 is 1.91 bits per heavy atom. The lowest BCUT2D eigenvalue weighted by atomic mass is 10.2. The Labute approximate surface area is 130 Å². The summed E-state index contributed by atoms with van der Waals surface area (Å²) >= 11 is 0. The van der Waals surface area contributed by atoms with Gasteiger partial charge in [0.2, 0.25) is 0 Å². The van der Waals surface area contributed by atoms with Gasteiger partial charge in [0, 0.05) is 0 Å². The van der Waals surface area contributed by atoms with Crippen molar-refractivity contribution in [2.24, 2.45) is 5.10 Å². The Morgan fingerprint density at radius 1 is 1.23 bits per heavy atom. The summed E-state index contributed by atoms with van der Waals surface area (Å²) in [4.78, 5) is 6.56. The summed E-state index contributed by atoms with van der Waals surface area (Å²) in [6, 6.07) is 9.96. The molecule has 1 aromatic heterocycles. The minimum absolute atomic E-state index is 0.169. The first-order valence-corrected chi connectivity index (χ1v) is 8.27. The van der Waals surface area contributed by atoms with Crippen molar-refractivity contribution in [2.75, 3.05) is 5.73 Å². The van der Waals surface area contributed by atoms with E-state index in [0.717, 1.165) is 5.56 Å². The zero-order valence-corrected chi connectivity index (χ0v) is 13.3. The number of nitrogens with two attached hydrogens (primary N) is 1. The smallest absolute Gasteiger partial charge is 0.276 e. The number of nitrogens with one attached hydrogen (secondary N) is 1. The van der Waals surface area contributed by atoms with Gasteiger partial charge in [0.25, 0.3) is 10.0 Å². The van der Waals surface area contributed by atoms with Gasteiger partial charge >= 0.3 is 0 Å². The minimum Gasteiger partial charge on any atom is -0.397 e. The molecule has 0 amide bonds. The van der Waals surface area contributed by atoms with E-state index in [-0.39, 0.29) is 4.90 Å². The number of hydrazone groups is 1. The molecule has 0 aliphatic carbocycles. The fourth-order valence-corrected chi connectivity index (χ4v) is 2.61. The maximum atomic E-state index is 12.2. The first-order valence-electron chi connectivity index (χ1n) is 6.79. The Kier molecular flexibility index (Phi) is 4.77. The van der Waals surface area contributed by atoms with Crippen molar-refractivity contribution >= 4 is 21.4 Å². The molecule has 22 heavy (non-hydrogen) atoms. The number of sulfonamides is 1. The minimum atomic E-state index is -3.69. The molecule has 3 N–H and O–H groups in total. The zero-order chi connectivity index (χ0) is 16.2. The van der Waals surface area contributed by atoms with Gasteiger partial charge in [-0.3, -0.25) is 4.98 Å². The van der Waals surface area contributed by atoms with Crippen molar-refractivity contribution in [3.05, 3.63) is 53.9 Å². The monoisotopic (exact) mass is 318 g/mol. The predicted molar refractivity (Wildman–Crippen MR) is 87.0 cm³/mol. The maximum absolute atomic E-state index is 12.2. The lowest BCUT2D eigenvalue weighted by Crippen LogP contribution is -2.20. The molecule has 0 spiro atoms. The van der Waals surface area contributed by atoms with Crippen molar-refractivity contribution in [2.45, 2.75) is 25.2 Å². The molecule has 1 aromatic carbocycles. The number of rotatable bonds is 5. The largest absolute Gasteiger partial charge is 0.397 e. The van der Waals surface area contributed by atoms with Crippen LogP contribution in [0.3, 0.4) is 0 Å². The first-order chi connectivity index (χ1) is 10.4. The van der Waals surface area contributed by atoms with Crippen LogP contribution in [0.4, 0.5) is 5.69 Å². The van der Waals surface area contributed by atoms with Crippen molar-refractivity contribution in [1.29, 1.82) is 0 Å². The molecule has 0 fully saturated rings. The van der Waals surface area contributed by atoms with E-state index in [0.29, 0.717) is 23.5 Å². The lowest BCUT2D eigenvalue weighted by molar-refractivity contribution is 0.584. The second-order valence-electron chi connectivity index (χ2n) is 4.80. The van der Waals surface area contributed by atoms with Crippen LogP contribution in [0.1, 0.15) is 24.6 Å². The zero-order valence-electron chi connectivity index (χ0n) is 12.4. The molecule has 116 valence electrons. The third-order valence-corrected chi connectivity index (χ3v) is 4.27. The molecule has 0 bridgehead atoms. The summed E-state index contributed by atoms with van der Waals surface area (Å²) in [5.41, 5.74) is 8.24. The van der Waals surface area contributed by atoms with Crippen LogP contribution in [0.15, 0.2) is 52.6 Å². The Balaban J connectivity index is 2.24. The van der Waals surface area contributed by atoms with Crippen molar-refractivity contribution < 1.29 is 8.42 Å². The molecular formula is C15H18N4O2S. The molecule has 0 radical (unpaired) electrons. The van der Waals surface area contributed by atoms with Gasteiger partial charge in [-0.2, -0.15) is 18.4 Å². The van der Waals surface area contributed by atoms with Gasteiger partial charge in [-0.05, 0) is 37.6 Å². The molecule has 7 heteroatoms. The van der Waals surface area contributed by atoms with E-state index in [1.807, 2.05) is 13.8 Å². The lowest BCUT2D eigenvalue weighted by Gasteiger charge is -2.07. The van der Waals surface area contributed by atoms with E-state index in [2.05, 4.69) is 14.9 Å². The van der Waals surface area contributed by atoms with Crippen LogP contribution in [-0.2, 0) is 10.0 Å². The average Bonchev–Trinajstić information content (AvgIpc) is 2.50. The highest BCUT2D eigenvalue weighted by Crippen LogP contribution is 2.10. The number of hydrogen-bond acceptors (Lipinski definition) is 5. The molecule has 0 aliphatic rings. The molecule has 2 rings (SSSR count). The predicted octanol–water partition coefficient (Wildman–Crippen LogP) is 2.06. The number of aromatic nitrogens is 1.